The van der Waals surface area contributed by atoms with Crippen molar-refractivity contribution in [2.45, 2.75) is 170 Å². The Bertz CT molecular complexity index is 3530. The van der Waals surface area contributed by atoms with Crippen molar-refractivity contribution in [1.82, 2.24) is 5.32 Å². The molecule has 0 saturated heterocycles. The number of nitrogens with one attached hydrogen (secondary N) is 1. The Morgan fingerprint density at radius 2 is 0.573 bits per heavy atom. The van der Waals surface area contributed by atoms with Gasteiger partial charge in [-0.2, -0.15) is 0 Å². The highest BCUT2D eigenvalue weighted by atomic mass is 16.5. The van der Waals surface area contributed by atoms with E-state index in [0.717, 1.165) is 26.1 Å². The van der Waals surface area contributed by atoms with Gasteiger partial charge in [-0.05, 0) is 153 Å². The van der Waals surface area contributed by atoms with Gasteiger partial charge in [-0.25, -0.2) is 0 Å². The Morgan fingerprint density at radius 1 is 0.329 bits per heavy atom. The van der Waals surface area contributed by atoms with Gasteiger partial charge in [-0.3, -0.25) is 9.59 Å². The number of amides is 1. The van der Waals surface area contributed by atoms with Crippen LogP contribution >= 0.6 is 0 Å². The predicted molar refractivity (Wildman–Crippen MR) is 343 cm³/mol. The van der Waals surface area contributed by atoms with Crippen LogP contribution in [-0.4, -0.2) is 31.4 Å². The van der Waals surface area contributed by atoms with Gasteiger partial charge in [0, 0.05) is 181 Å². The minimum Gasteiger partial charge on any atom is -0.381 e. The molecule has 0 radical (unpaired) electrons. The average molecular weight is 1080 g/mol. The summed E-state index contributed by atoms with van der Waals surface area (Å²) in [6, 6.07) is 0. The van der Waals surface area contributed by atoms with Crippen molar-refractivity contribution in [2.75, 3.05) is 19.8 Å². The molecule has 0 unspecified atom stereocenters. The van der Waals surface area contributed by atoms with Crippen LogP contribution in [0.25, 0.3) is 0 Å². The number of carbonyl (C=O) groups is 2. The summed E-state index contributed by atoms with van der Waals surface area (Å²) in [6.07, 6.45) is 9.73. The van der Waals surface area contributed by atoms with E-state index in [9.17, 15) is 9.59 Å². The highest BCUT2D eigenvalue weighted by Crippen LogP contribution is 2.32. The van der Waals surface area contributed by atoms with E-state index >= 15 is 0 Å². The molecule has 0 heterocycles. The molecule has 1 N–H and O–H groups in total. The molecule has 0 aliphatic carbocycles. The molecule has 0 fully saturated rings. The van der Waals surface area contributed by atoms with Gasteiger partial charge in [-0.1, -0.05) is 131 Å². The predicted octanol–water partition coefficient (Wildman–Crippen LogP) is 11.0. The summed E-state index contributed by atoms with van der Waals surface area (Å²) in [5.41, 5.74) is 1.88. The largest absolute Gasteiger partial charge is 0.381 e. The van der Waals surface area contributed by atoms with Crippen LogP contribution in [0, 0.1) is 282 Å². The standard InChI is InChI=1S/C43H4.C14H27NO2.C12H26O.C9H20/c1-3-5-7-9-11-13-15-17-19-21-23-25-27-29-31-33-35-37-39-41-43-42-40-38-36-34-32-30-28-26-24-22-20-18-16-14-12-10-8-6-4-2;1-13(2,3)9-11(16)7-8-12(17)15-10-14(4,5)6;1-11(2,3)7-9-13-10-8-12(4,5)6;1-8(2,3)7-9(4,5)6/h1H,2H3;7-10H2,1-6H3,(H,15,17);7-10H2,1-6H3;7H2,1-6H3. The van der Waals surface area contributed by atoms with E-state index in [1.807, 2.05) is 20.8 Å². The Balaban J connectivity index is -0.000000627. The zero-order valence-electron chi connectivity index (χ0n) is 52.2. The number of hydrogen-bond acceptors (Lipinski definition) is 3. The maximum absolute atomic E-state index is 11.6. The monoisotopic (exact) mass is 1080 g/mol. The summed E-state index contributed by atoms with van der Waals surface area (Å²) in [6.45, 7) is 43.7. The van der Waals surface area contributed by atoms with Crippen LogP contribution < -0.4 is 5.32 Å². The molecule has 0 aliphatic heterocycles. The van der Waals surface area contributed by atoms with E-state index in [1.165, 1.54) is 6.42 Å². The quantitative estimate of drug-likeness (QED) is 0.185. The van der Waals surface area contributed by atoms with Crippen molar-refractivity contribution in [1.29, 1.82) is 0 Å². The average Bonchev–Trinajstić information content (AvgIpc) is 3.34. The lowest BCUT2D eigenvalue weighted by molar-refractivity contribution is -0.126. The van der Waals surface area contributed by atoms with Crippen molar-refractivity contribution in [3.63, 3.8) is 0 Å². The molecule has 0 rings (SSSR count). The van der Waals surface area contributed by atoms with Crippen LogP contribution in [0.4, 0.5) is 0 Å². The van der Waals surface area contributed by atoms with E-state index < -0.39 is 0 Å². The molecule has 412 valence electrons. The third kappa shape index (κ3) is 86.6. The first-order valence-electron chi connectivity index (χ1n) is 26.1. The lowest BCUT2D eigenvalue weighted by Crippen LogP contribution is -2.32. The van der Waals surface area contributed by atoms with Crippen LogP contribution in [0.2, 0.25) is 0 Å². The van der Waals surface area contributed by atoms with Gasteiger partial charge in [0.25, 0.3) is 0 Å². The normalized spacial score (nSPS) is 8.27. The molecule has 0 aromatic carbocycles. The van der Waals surface area contributed by atoms with Crippen LogP contribution in [0.3, 0.4) is 0 Å². The summed E-state index contributed by atoms with van der Waals surface area (Å²) in [7, 11) is 0. The van der Waals surface area contributed by atoms with E-state index in [2.05, 4.69) is 352 Å². The lowest BCUT2D eigenvalue weighted by atomic mass is 9.78. The van der Waals surface area contributed by atoms with E-state index in [4.69, 9.17) is 11.2 Å². The van der Waals surface area contributed by atoms with E-state index in [-0.39, 0.29) is 22.5 Å². The minimum absolute atomic E-state index is 0.0129. The first-order valence-corrected chi connectivity index (χ1v) is 26.1. The van der Waals surface area contributed by atoms with Gasteiger partial charge in [-0.15, -0.1) is 6.42 Å². The van der Waals surface area contributed by atoms with Crippen molar-refractivity contribution in [2.24, 2.45) is 32.5 Å². The molecule has 4 nitrogen and oxygen atoms in total. The van der Waals surface area contributed by atoms with Crippen molar-refractivity contribution in [3.05, 3.63) is 0 Å². The second kappa shape index (κ2) is 49.2. The zero-order chi connectivity index (χ0) is 62.9. The maximum atomic E-state index is 11.6. The fraction of sp³-hybridized carbons (Fsp3) is 0.436. The molecule has 0 aromatic heterocycles. The number of terminal acetylenes is 1. The summed E-state index contributed by atoms with van der Waals surface area (Å²) in [5, 5.41) is 2.85. The number of Topliss-reactive ketones (excluding diaryl/α,β-unsaturated/α-hetero) is 1. The molecular weight excluding hydrogens is 999 g/mol. The highest BCUT2D eigenvalue weighted by molar-refractivity contribution is 5.85. The highest BCUT2D eigenvalue weighted by Gasteiger charge is 2.20. The third-order valence-corrected chi connectivity index (χ3v) is 7.80. The van der Waals surface area contributed by atoms with Crippen LogP contribution in [-0.2, 0) is 14.3 Å². The van der Waals surface area contributed by atoms with Crippen LogP contribution in [0.5, 0.6) is 0 Å². The summed E-state index contributed by atoms with van der Waals surface area (Å²) in [5.74, 6) is 102. The third-order valence-electron chi connectivity index (χ3n) is 7.80. The summed E-state index contributed by atoms with van der Waals surface area (Å²) < 4.78 is 5.59. The summed E-state index contributed by atoms with van der Waals surface area (Å²) >= 11 is 0. The zero-order valence-corrected chi connectivity index (χ0v) is 52.2. The molecule has 0 spiro atoms. The molecule has 82 heavy (non-hydrogen) atoms. The Hall–Kier alpha value is -10.1. The van der Waals surface area contributed by atoms with Gasteiger partial charge in [0.1, 0.15) is 5.78 Å². The molecule has 1 amide bonds. The number of carbonyl (C=O) groups excluding carboxylic acids is 2. The second-order valence-corrected chi connectivity index (χ2v) is 23.9. The Kier molecular flexibility index (Phi) is 47.0. The topological polar surface area (TPSA) is 55.4 Å². The van der Waals surface area contributed by atoms with E-state index in [1.54, 1.807) is 6.92 Å². The fourth-order valence-electron chi connectivity index (χ4n) is 5.09. The van der Waals surface area contributed by atoms with Crippen LogP contribution in [0.15, 0.2) is 0 Å². The smallest absolute Gasteiger partial charge is 0.220 e. The maximum Gasteiger partial charge on any atom is 0.220 e. The molecule has 0 saturated carbocycles. The van der Waals surface area contributed by atoms with Gasteiger partial charge < -0.3 is 10.1 Å². The molecular formula is C78H77NO3. The van der Waals surface area contributed by atoms with Crippen molar-refractivity contribution >= 4 is 11.7 Å². The van der Waals surface area contributed by atoms with Gasteiger partial charge >= 0.3 is 0 Å². The lowest BCUT2D eigenvalue weighted by Gasteiger charge is -2.28. The Labute approximate surface area is 500 Å². The SMILES string of the molecule is C#CC#CC#CC#CC#CC#CC#CC#CC#CC#CC#CC#CC#CC#CC#CC#CC#CC#CC#CC#CC#CC.CC(C)(C)CC(C)(C)C.CC(C)(C)CCOCCC(C)(C)C.CC(C)(C)CNC(=O)CCC(=O)CC(C)(C)C. The second-order valence-electron chi connectivity index (χ2n) is 23.9. The van der Waals surface area contributed by atoms with Crippen molar-refractivity contribution in [3.8, 4) is 249 Å². The van der Waals surface area contributed by atoms with Crippen LogP contribution in [0.1, 0.15) is 170 Å². The molecule has 0 atom stereocenters. The van der Waals surface area contributed by atoms with Crippen molar-refractivity contribution < 1.29 is 14.3 Å². The number of ether oxygens (including phenoxy) is 1. The van der Waals surface area contributed by atoms with Gasteiger partial charge in [0.15, 0.2) is 0 Å². The fourth-order valence-corrected chi connectivity index (χ4v) is 5.09. The van der Waals surface area contributed by atoms with E-state index in [0.29, 0.717) is 47.5 Å². The molecule has 0 aromatic rings. The number of rotatable bonds is 9. The van der Waals surface area contributed by atoms with Gasteiger partial charge in [0.2, 0.25) is 5.91 Å². The molecule has 0 bridgehead atoms. The summed E-state index contributed by atoms with van der Waals surface area (Å²) in [4.78, 5) is 23.1. The molecule has 0 aliphatic rings. The molecule has 4 heteroatoms. The first-order chi connectivity index (χ1) is 38.3. The first kappa shape index (κ1) is 78.4. The van der Waals surface area contributed by atoms with Gasteiger partial charge in [0.05, 0.1) is 0 Å². The number of hydrogen-bond donors (Lipinski definition) is 1. The Morgan fingerprint density at radius 3 is 0.756 bits per heavy atom. The minimum atomic E-state index is -0.0258. The number of ketones is 1.